The van der Waals surface area contributed by atoms with Crippen LogP contribution in [0, 0.1) is 0 Å². The van der Waals surface area contributed by atoms with Gasteiger partial charge in [0.2, 0.25) is 0 Å². The molecule has 1 fully saturated rings. The molecule has 0 aromatic heterocycles. The third kappa shape index (κ3) is 4.27. The molecule has 130 valence electrons. The summed E-state index contributed by atoms with van der Waals surface area (Å²) in [5.41, 5.74) is 1.71. The van der Waals surface area contributed by atoms with Crippen LogP contribution in [0.25, 0.3) is 0 Å². The first-order valence-corrected chi connectivity index (χ1v) is 8.42. The molecule has 1 aliphatic rings. The van der Waals surface area contributed by atoms with E-state index in [4.69, 9.17) is 0 Å². The number of hydrogen-bond acceptors (Lipinski definition) is 3. The molecule has 0 bridgehead atoms. The number of amides is 3. The number of anilines is 2. The number of nitrogens with zero attached hydrogens (tertiary/aromatic N) is 1. The maximum Gasteiger partial charge on any atom is 0.321 e. The van der Waals surface area contributed by atoms with Crippen LogP contribution in [0.4, 0.5) is 25.0 Å². The van der Waals surface area contributed by atoms with E-state index in [0.717, 1.165) is 5.69 Å². The highest BCUT2D eigenvalue weighted by Crippen LogP contribution is 2.25. The molecule has 1 saturated heterocycles. The van der Waals surface area contributed by atoms with Crippen LogP contribution in [0.5, 0.6) is 0 Å². The molecule has 0 unspecified atom stereocenters. The number of carbonyl (C=O) groups excluding carboxylic acids is 2. The average molecular weight is 363 g/mol. The standard InChI is InChI=1S/C17H15F2N3O2S/c18-16(19)25-14-7-1-11(2-8-14)15(23)21-12-3-5-13(6-4-12)22-10-9-20-17(22)24/h1-8,16H,9-10H2,(H,20,24)(H,21,23). The van der Waals surface area contributed by atoms with Gasteiger partial charge in [-0.1, -0.05) is 11.8 Å². The number of nitrogens with one attached hydrogen (secondary N) is 2. The maximum absolute atomic E-state index is 12.3. The summed E-state index contributed by atoms with van der Waals surface area (Å²) >= 11 is 0.434. The monoisotopic (exact) mass is 363 g/mol. The number of alkyl halides is 2. The number of urea groups is 1. The molecule has 0 atom stereocenters. The van der Waals surface area contributed by atoms with Crippen LogP contribution in [0.15, 0.2) is 53.4 Å². The van der Waals surface area contributed by atoms with Crippen molar-refractivity contribution in [3.05, 3.63) is 54.1 Å². The van der Waals surface area contributed by atoms with Crippen molar-refractivity contribution in [3.8, 4) is 0 Å². The van der Waals surface area contributed by atoms with E-state index < -0.39 is 5.76 Å². The lowest BCUT2D eigenvalue weighted by atomic mass is 10.2. The Morgan fingerprint density at radius 2 is 1.80 bits per heavy atom. The predicted octanol–water partition coefficient (Wildman–Crippen LogP) is 3.78. The summed E-state index contributed by atoms with van der Waals surface area (Å²) in [7, 11) is 0. The second-order valence-corrected chi connectivity index (χ2v) is 6.35. The number of halogens is 2. The van der Waals surface area contributed by atoms with Crippen LogP contribution in [-0.2, 0) is 0 Å². The van der Waals surface area contributed by atoms with E-state index in [1.165, 1.54) is 24.3 Å². The molecule has 0 saturated carbocycles. The minimum absolute atomic E-state index is 0.140. The normalized spacial score (nSPS) is 13.9. The Morgan fingerprint density at radius 1 is 1.12 bits per heavy atom. The van der Waals surface area contributed by atoms with Gasteiger partial charge in [0.1, 0.15) is 0 Å². The van der Waals surface area contributed by atoms with Crippen molar-refractivity contribution in [2.24, 2.45) is 0 Å². The smallest absolute Gasteiger partial charge is 0.321 e. The highest BCUT2D eigenvalue weighted by molar-refractivity contribution is 7.99. The van der Waals surface area contributed by atoms with Crippen molar-refractivity contribution in [1.82, 2.24) is 5.32 Å². The SMILES string of the molecule is O=C(Nc1ccc(N2CCNC2=O)cc1)c1ccc(SC(F)F)cc1. The molecule has 0 spiro atoms. The highest BCUT2D eigenvalue weighted by Gasteiger charge is 2.20. The maximum atomic E-state index is 12.3. The van der Waals surface area contributed by atoms with Gasteiger partial charge >= 0.3 is 6.03 Å². The zero-order chi connectivity index (χ0) is 17.8. The Bertz CT molecular complexity index is 766. The molecule has 2 aromatic rings. The number of rotatable bonds is 5. The number of hydrogen-bond donors (Lipinski definition) is 2. The molecule has 2 aromatic carbocycles. The molecular weight excluding hydrogens is 348 g/mol. The lowest BCUT2D eigenvalue weighted by Crippen LogP contribution is -2.27. The first-order chi connectivity index (χ1) is 12.0. The molecule has 0 aliphatic carbocycles. The largest absolute Gasteiger partial charge is 0.336 e. The van der Waals surface area contributed by atoms with Gasteiger partial charge in [-0.25, -0.2) is 4.79 Å². The van der Waals surface area contributed by atoms with Crippen LogP contribution in [-0.4, -0.2) is 30.8 Å². The first-order valence-electron chi connectivity index (χ1n) is 7.54. The van der Waals surface area contributed by atoms with Crippen LogP contribution in [0.1, 0.15) is 10.4 Å². The van der Waals surface area contributed by atoms with Crippen LogP contribution >= 0.6 is 11.8 Å². The topological polar surface area (TPSA) is 61.4 Å². The Kier molecular flexibility index (Phi) is 5.18. The van der Waals surface area contributed by atoms with Crippen molar-refractivity contribution in [2.75, 3.05) is 23.3 Å². The van der Waals surface area contributed by atoms with Crippen molar-refractivity contribution in [3.63, 3.8) is 0 Å². The molecule has 25 heavy (non-hydrogen) atoms. The van der Waals surface area contributed by atoms with Gasteiger partial charge < -0.3 is 10.6 Å². The minimum atomic E-state index is -2.49. The van der Waals surface area contributed by atoms with Gasteiger partial charge in [-0.3, -0.25) is 9.69 Å². The predicted molar refractivity (Wildman–Crippen MR) is 93.4 cm³/mol. The average Bonchev–Trinajstić information content (AvgIpc) is 3.02. The quantitative estimate of drug-likeness (QED) is 0.795. The fraction of sp³-hybridized carbons (Fsp3) is 0.176. The minimum Gasteiger partial charge on any atom is -0.336 e. The van der Waals surface area contributed by atoms with Gasteiger partial charge in [0, 0.05) is 34.9 Å². The molecule has 8 heteroatoms. The van der Waals surface area contributed by atoms with Gasteiger partial charge in [-0.2, -0.15) is 8.78 Å². The molecule has 3 amide bonds. The third-order valence-corrected chi connectivity index (χ3v) is 4.36. The summed E-state index contributed by atoms with van der Waals surface area (Å²) in [6.45, 7) is 1.21. The van der Waals surface area contributed by atoms with Gasteiger partial charge in [0.25, 0.3) is 11.7 Å². The summed E-state index contributed by atoms with van der Waals surface area (Å²) < 4.78 is 24.6. The number of thioether (sulfide) groups is 1. The van der Waals surface area contributed by atoms with Crippen molar-refractivity contribution in [2.45, 2.75) is 10.7 Å². The summed E-state index contributed by atoms with van der Waals surface area (Å²) in [6, 6.07) is 12.8. The second kappa shape index (κ2) is 7.52. The Labute approximate surface area is 147 Å². The van der Waals surface area contributed by atoms with Crippen molar-refractivity contribution in [1.29, 1.82) is 0 Å². The lowest BCUT2D eigenvalue weighted by Gasteiger charge is -2.14. The van der Waals surface area contributed by atoms with E-state index >= 15 is 0 Å². The third-order valence-electron chi connectivity index (χ3n) is 3.64. The van der Waals surface area contributed by atoms with Crippen molar-refractivity contribution >= 4 is 35.1 Å². The summed E-state index contributed by atoms with van der Waals surface area (Å²) in [5, 5.41) is 5.46. The second-order valence-electron chi connectivity index (χ2n) is 5.29. The number of carbonyl (C=O) groups is 2. The van der Waals surface area contributed by atoms with Crippen molar-refractivity contribution < 1.29 is 18.4 Å². The van der Waals surface area contributed by atoms with E-state index in [9.17, 15) is 18.4 Å². The molecule has 5 nitrogen and oxygen atoms in total. The van der Waals surface area contributed by atoms with Gasteiger partial charge in [-0.05, 0) is 48.5 Å². The Hall–Kier alpha value is -2.61. The van der Waals surface area contributed by atoms with E-state index in [1.54, 1.807) is 29.2 Å². The molecule has 2 N–H and O–H groups in total. The summed E-state index contributed by atoms with van der Waals surface area (Å²) in [6.07, 6.45) is 0. The fourth-order valence-corrected chi connectivity index (χ4v) is 2.93. The molecule has 3 rings (SSSR count). The van der Waals surface area contributed by atoms with Gasteiger partial charge in [0.15, 0.2) is 0 Å². The fourth-order valence-electron chi connectivity index (χ4n) is 2.43. The zero-order valence-corrected chi connectivity index (χ0v) is 13.9. The number of benzene rings is 2. The first kappa shape index (κ1) is 17.2. The summed E-state index contributed by atoms with van der Waals surface area (Å²) in [5.74, 6) is -2.82. The van der Waals surface area contributed by atoms with Gasteiger partial charge in [0.05, 0.1) is 0 Å². The lowest BCUT2D eigenvalue weighted by molar-refractivity contribution is 0.102. The Morgan fingerprint density at radius 3 is 2.36 bits per heavy atom. The highest BCUT2D eigenvalue weighted by atomic mass is 32.2. The molecule has 1 aliphatic heterocycles. The zero-order valence-electron chi connectivity index (χ0n) is 13.0. The van der Waals surface area contributed by atoms with Gasteiger partial charge in [-0.15, -0.1) is 0 Å². The van der Waals surface area contributed by atoms with E-state index in [-0.39, 0.29) is 11.9 Å². The molecular formula is C17H15F2N3O2S. The van der Waals surface area contributed by atoms with E-state index in [1.807, 2.05) is 0 Å². The van der Waals surface area contributed by atoms with E-state index in [2.05, 4.69) is 10.6 Å². The Balaban J connectivity index is 1.63. The molecule has 1 heterocycles. The van der Waals surface area contributed by atoms with Crippen LogP contribution < -0.4 is 15.5 Å². The van der Waals surface area contributed by atoms with Crippen LogP contribution in [0.2, 0.25) is 0 Å². The summed E-state index contributed by atoms with van der Waals surface area (Å²) in [4.78, 5) is 25.8. The molecule has 0 radical (unpaired) electrons. The van der Waals surface area contributed by atoms with Crippen LogP contribution in [0.3, 0.4) is 0 Å². The van der Waals surface area contributed by atoms with E-state index in [0.29, 0.717) is 41.0 Å².